The van der Waals surface area contributed by atoms with E-state index in [9.17, 15) is 14.4 Å². The number of aryl methyl sites for hydroxylation is 1. The molecule has 3 rings (SSSR count). The molecular formula is C25H31NO5S. The summed E-state index contributed by atoms with van der Waals surface area (Å²) in [4.78, 5) is 39.2. The summed E-state index contributed by atoms with van der Waals surface area (Å²) in [6, 6.07) is 7.78. The number of benzene rings is 1. The molecule has 1 heterocycles. The fraction of sp³-hybridized carbons (Fsp3) is 0.480. The number of nitrogens with one attached hydrogen (secondary N) is 1. The van der Waals surface area contributed by atoms with Crippen molar-refractivity contribution in [1.29, 1.82) is 0 Å². The second-order valence-corrected chi connectivity index (χ2v) is 9.67. The van der Waals surface area contributed by atoms with Gasteiger partial charge in [-0.2, -0.15) is 11.8 Å². The number of ketones is 1. The van der Waals surface area contributed by atoms with E-state index < -0.39 is 23.8 Å². The Labute approximate surface area is 193 Å². The fourth-order valence-electron chi connectivity index (χ4n) is 4.46. The lowest BCUT2D eigenvalue weighted by Gasteiger charge is -2.38. The van der Waals surface area contributed by atoms with Crippen molar-refractivity contribution < 1.29 is 23.9 Å². The van der Waals surface area contributed by atoms with Crippen LogP contribution in [0.5, 0.6) is 0 Å². The highest BCUT2D eigenvalue weighted by atomic mass is 32.2. The third-order valence-corrected chi connectivity index (χ3v) is 6.90. The van der Waals surface area contributed by atoms with Gasteiger partial charge in [-0.1, -0.05) is 43.7 Å². The van der Waals surface area contributed by atoms with Gasteiger partial charge in [0.15, 0.2) is 5.78 Å². The van der Waals surface area contributed by atoms with Crippen molar-refractivity contribution in [3.8, 4) is 0 Å². The minimum absolute atomic E-state index is 0.202. The zero-order valence-corrected chi connectivity index (χ0v) is 20.1. The molecule has 1 aliphatic heterocycles. The number of hydrogen-bond acceptors (Lipinski definition) is 7. The van der Waals surface area contributed by atoms with E-state index >= 15 is 0 Å². The molecule has 6 nitrogen and oxygen atoms in total. The highest BCUT2D eigenvalue weighted by Crippen LogP contribution is 2.45. The van der Waals surface area contributed by atoms with E-state index in [1.54, 1.807) is 11.8 Å². The van der Waals surface area contributed by atoms with Gasteiger partial charge < -0.3 is 14.8 Å². The number of allylic oxidation sites excluding steroid dienone is 3. The van der Waals surface area contributed by atoms with Gasteiger partial charge in [0.25, 0.3) is 0 Å². The molecule has 0 saturated carbocycles. The molecule has 32 heavy (non-hydrogen) atoms. The Bertz CT molecular complexity index is 963. The molecule has 0 radical (unpaired) electrons. The lowest BCUT2D eigenvalue weighted by Crippen LogP contribution is -2.43. The summed E-state index contributed by atoms with van der Waals surface area (Å²) < 4.78 is 10.5. The number of ether oxygens (including phenoxy) is 2. The Kier molecular flexibility index (Phi) is 7.82. The lowest BCUT2D eigenvalue weighted by molar-refractivity contribution is -0.151. The first-order chi connectivity index (χ1) is 15.3. The molecular weight excluding hydrogens is 426 g/mol. The normalized spacial score (nSPS) is 22.9. The topological polar surface area (TPSA) is 81.7 Å². The predicted octanol–water partition coefficient (Wildman–Crippen LogP) is 3.90. The van der Waals surface area contributed by atoms with Crippen molar-refractivity contribution >= 4 is 29.5 Å². The zero-order valence-electron chi connectivity index (χ0n) is 19.3. The van der Waals surface area contributed by atoms with Crippen molar-refractivity contribution in [2.75, 3.05) is 25.2 Å². The minimum Gasteiger partial charge on any atom is -0.468 e. The summed E-state index contributed by atoms with van der Waals surface area (Å²) in [5.74, 6) is -1.28. The van der Waals surface area contributed by atoms with Crippen molar-refractivity contribution in [2.24, 2.45) is 11.8 Å². The SMILES string of the molecule is CCSCCOC(=O)C1=C(C)NC2=C(C(=O)[C@@H](C(=O)OC)[C@H](C)C2)[C@@H]1c1ccc(C)cc1. The maximum atomic E-state index is 13.6. The summed E-state index contributed by atoms with van der Waals surface area (Å²) in [6.45, 7) is 8.05. The molecule has 1 aliphatic carbocycles. The molecule has 7 heteroatoms. The summed E-state index contributed by atoms with van der Waals surface area (Å²) in [5.41, 5.74) is 4.23. The van der Waals surface area contributed by atoms with E-state index in [1.807, 2.05) is 45.0 Å². The Morgan fingerprint density at radius 2 is 1.88 bits per heavy atom. The van der Waals surface area contributed by atoms with Crippen molar-refractivity contribution in [2.45, 2.75) is 40.0 Å². The van der Waals surface area contributed by atoms with Gasteiger partial charge >= 0.3 is 11.9 Å². The van der Waals surface area contributed by atoms with E-state index in [2.05, 4.69) is 12.2 Å². The molecule has 172 valence electrons. The van der Waals surface area contributed by atoms with E-state index in [0.717, 1.165) is 22.6 Å². The number of hydrogen-bond donors (Lipinski definition) is 1. The van der Waals surface area contributed by atoms with Crippen LogP contribution in [0.3, 0.4) is 0 Å². The van der Waals surface area contributed by atoms with Crippen molar-refractivity contribution in [3.63, 3.8) is 0 Å². The van der Waals surface area contributed by atoms with Crippen LogP contribution in [0, 0.1) is 18.8 Å². The van der Waals surface area contributed by atoms with Crippen LogP contribution in [-0.4, -0.2) is 42.9 Å². The standard InChI is InChI=1S/C25H31NO5S/c1-6-32-12-11-31-25(29)20-16(4)26-18-13-15(3)19(24(28)30-5)23(27)22(18)21(20)17-9-7-14(2)8-10-17/h7-10,15,19,21,26H,6,11-13H2,1-5H3/t15-,19+,21-/m1/s1. The Balaban J connectivity index is 2.06. The van der Waals surface area contributed by atoms with E-state index in [-0.39, 0.29) is 11.7 Å². The minimum atomic E-state index is -0.884. The van der Waals surface area contributed by atoms with Crippen LogP contribution >= 0.6 is 11.8 Å². The highest BCUT2D eigenvalue weighted by molar-refractivity contribution is 7.99. The maximum Gasteiger partial charge on any atom is 0.336 e. The van der Waals surface area contributed by atoms with Gasteiger partial charge in [-0.25, -0.2) is 4.79 Å². The van der Waals surface area contributed by atoms with Gasteiger partial charge in [0.1, 0.15) is 12.5 Å². The first kappa shape index (κ1) is 24.1. The molecule has 0 saturated heterocycles. The van der Waals surface area contributed by atoms with Crippen LogP contribution < -0.4 is 5.32 Å². The number of dihydropyridines is 1. The molecule has 0 bridgehead atoms. The molecule has 0 spiro atoms. The van der Waals surface area contributed by atoms with Crippen LogP contribution in [0.15, 0.2) is 46.8 Å². The monoisotopic (exact) mass is 457 g/mol. The Morgan fingerprint density at radius 1 is 1.19 bits per heavy atom. The van der Waals surface area contributed by atoms with E-state index in [0.29, 0.717) is 35.6 Å². The average Bonchev–Trinajstić information content (AvgIpc) is 2.76. The third-order valence-electron chi connectivity index (χ3n) is 6.04. The van der Waals surface area contributed by atoms with Crippen LogP contribution in [0.1, 0.15) is 44.2 Å². The second-order valence-electron chi connectivity index (χ2n) is 8.28. The number of methoxy groups -OCH3 is 1. The average molecular weight is 458 g/mol. The van der Waals surface area contributed by atoms with Gasteiger partial charge in [0, 0.05) is 28.6 Å². The fourth-order valence-corrected chi connectivity index (χ4v) is 4.95. The molecule has 3 atom stereocenters. The second kappa shape index (κ2) is 10.4. The number of rotatable bonds is 7. The molecule has 0 amide bonds. The van der Waals surface area contributed by atoms with Crippen molar-refractivity contribution in [1.82, 2.24) is 5.32 Å². The maximum absolute atomic E-state index is 13.6. The summed E-state index contributed by atoms with van der Waals surface area (Å²) in [5, 5.41) is 3.28. The van der Waals surface area contributed by atoms with Crippen LogP contribution in [0.25, 0.3) is 0 Å². The molecule has 1 N–H and O–H groups in total. The van der Waals surface area contributed by atoms with E-state index in [1.165, 1.54) is 7.11 Å². The molecule has 0 fully saturated rings. The van der Waals surface area contributed by atoms with Gasteiger partial charge in [0.2, 0.25) is 0 Å². The first-order valence-corrected chi connectivity index (χ1v) is 12.1. The number of carbonyl (C=O) groups is 3. The Hall–Kier alpha value is -2.54. The smallest absolute Gasteiger partial charge is 0.336 e. The lowest BCUT2D eigenvalue weighted by atomic mass is 9.69. The Morgan fingerprint density at radius 3 is 2.50 bits per heavy atom. The number of carbonyl (C=O) groups excluding carboxylic acids is 3. The molecule has 0 unspecified atom stereocenters. The van der Waals surface area contributed by atoms with Gasteiger partial charge in [-0.05, 0) is 37.5 Å². The largest absolute Gasteiger partial charge is 0.468 e. The number of Topliss-reactive ketones (excluding diaryl/α,β-unsaturated/α-hetero) is 1. The van der Waals surface area contributed by atoms with Gasteiger partial charge in [-0.3, -0.25) is 9.59 Å². The summed E-state index contributed by atoms with van der Waals surface area (Å²) in [6.07, 6.45) is 0.524. The van der Waals surface area contributed by atoms with Crippen LogP contribution in [-0.2, 0) is 23.9 Å². The zero-order chi connectivity index (χ0) is 23.4. The number of esters is 2. The highest BCUT2D eigenvalue weighted by Gasteiger charge is 2.47. The molecule has 1 aromatic carbocycles. The van der Waals surface area contributed by atoms with Crippen molar-refractivity contribution in [3.05, 3.63) is 57.9 Å². The van der Waals surface area contributed by atoms with Gasteiger partial charge in [-0.15, -0.1) is 0 Å². The van der Waals surface area contributed by atoms with E-state index in [4.69, 9.17) is 9.47 Å². The summed E-state index contributed by atoms with van der Waals surface area (Å²) >= 11 is 1.70. The number of thioether (sulfide) groups is 1. The summed E-state index contributed by atoms with van der Waals surface area (Å²) in [7, 11) is 1.30. The molecule has 1 aromatic rings. The third kappa shape index (κ3) is 4.77. The quantitative estimate of drug-likeness (QED) is 0.378. The van der Waals surface area contributed by atoms with Crippen LogP contribution in [0.2, 0.25) is 0 Å². The first-order valence-electron chi connectivity index (χ1n) is 10.9. The molecule has 2 aliphatic rings. The van der Waals surface area contributed by atoms with Crippen LogP contribution in [0.4, 0.5) is 0 Å². The van der Waals surface area contributed by atoms with Gasteiger partial charge in [0.05, 0.1) is 12.7 Å². The predicted molar refractivity (Wildman–Crippen MR) is 125 cm³/mol. The molecule has 0 aromatic heterocycles.